The molecule has 0 aromatic carbocycles. The van der Waals surface area contributed by atoms with Gasteiger partial charge in [-0.1, -0.05) is 20.3 Å². The first kappa shape index (κ1) is 9.43. The van der Waals surface area contributed by atoms with Crippen molar-refractivity contribution in [3.05, 3.63) is 0 Å². The minimum Gasteiger partial charge on any atom is -0.392 e. The molecule has 0 aliphatic carbocycles. The van der Waals surface area contributed by atoms with Gasteiger partial charge in [0, 0.05) is 0 Å². The first-order valence-corrected chi connectivity index (χ1v) is 3.57. The van der Waals surface area contributed by atoms with Crippen LogP contribution in [0.2, 0.25) is 0 Å². The Kier molecular flexibility index (Phi) is 4.03. The van der Waals surface area contributed by atoms with Gasteiger partial charge in [0.05, 0.1) is 12.0 Å². The highest BCUT2D eigenvalue weighted by atomic mass is 16.3. The summed E-state index contributed by atoms with van der Waals surface area (Å²) in [6.45, 7) is 3.60. The molecule has 0 fully saturated rings. The van der Waals surface area contributed by atoms with E-state index in [0.717, 1.165) is 6.42 Å². The van der Waals surface area contributed by atoms with Gasteiger partial charge in [0.25, 0.3) is 0 Å². The van der Waals surface area contributed by atoms with Crippen LogP contribution in [0.3, 0.4) is 0 Å². The third-order valence-corrected chi connectivity index (χ3v) is 1.61. The van der Waals surface area contributed by atoms with Crippen LogP contribution in [0.5, 0.6) is 0 Å². The summed E-state index contributed by atoms with van der Waals surface area (Å²) in [5, 5.41) is 9.19. The number of carbonyl (C=O) groups is 1. The largest absolute Gasteiger partial charge is 0.392 e. The van der Waals surface area contributed by atoms with Gasteiger partial charge in [-0.15, -0.1) is 0 Å². The number of primary amides is 1. The molecule has 60 valence electrons. The molecule has 0 rings (SSSR count). The maximum absolute atomic E-state index is 10.5. The normalized spacial score (nSPS) is 16.3. The Morgan fingerprint density at radius 2 is 2.20 bits per heavy atom. The van der Waals surface area contributed by atoms with Crippen LogP contribution in [0.15, 0.2) is 0 Å². The van der Waals surface area contributed by atoms with Crippen molar-refractivity contribution in [2.24, 2.45) is 11.7 Å². The van der Waals surface area contributed by atoms with E-state index in [1.54, 1.807) is 6.92 Å². The number of amides is 1. The smallest absolute Gasteiger partial charge is 0.222 e. The minimum absolute atomic E-state index is 0.417. The molecule has 0 spiro atoms. The number of hydrogen-bond donors (Lipinski definition) is 2. The molecule has 0 bridgehead atoms. The van der Waals surface area contributed by atoms with E-state index in [1.165, 1.54) is 0 Å². The van der Waals surface area contributed by atoms with Crippen molar-refractivity contribution in [1.82, 2.24) is 0 Å². The van der Waals surface area contributed by atoms with E-state index in [2.05, 4.69) is 0 Å². The monoisotopic (exact) mass is 145 g/mol. The molecule has 0 heterocycles. The van der Waals surface area contributed by atoms with Crippen LogP contribution in [-0.2, 0) is 4.79 Å². The molecule has 0 aliphatic rings. The SMILES string of the molecule is CCCC(O)C(C)C(N)=O. The van der Waals surface area contributed by atoms with E-state index in [0.29, 0.717) is 6.42 Å². The highest BCUT2D eigenvalue weighted by molar-refractivity contribution is 5.76. The van der Waals surface area contributed by atoms with Gasteiger partial charge in [-0.2, -0.15) is 0 Å². The molecule has 3 N–H and O–H groups in total. The van der Waals surface area contributed by atoms with E-state index >= 15 is 0 Å². The molecular formula is C7H15NO2. The van der Waals surface area contributed by atoms with Gasteiger partial charge in [0.2, 0.25) is 5.91 Å². The van der Waals surface area contributed by atoms with Crippen molar-refractivity contribution < 1.29 is 9.90 Å². The number of aliphatic hydroxyl groups excluding tert-OH is 1. The second-order valence-corrected chi connectivity index (χ2v) is 2.55. The summed E-state index contributed by atoms with van der Waals surface area (Å²) in [4.78, 5) is 10.5. The first-order valence-electron chi connectivity index (χ1n) is 3.57. The van der Waals surface area contributed by atoms with Crippen LogP contribution in [0.25, 0.3) is 0 Å². The molecule has 0 aromatic heterocycles. The Hall–Kier alpha value is -0.570. The summed E-state index contributed by atoms with van der Waals surface area (Å²) >= 11 is 0. The second kappa shape index (κ2) is 4.28. The molecule has 0 saturated heterocycles. The van der Waals surface area contributed by atoms with E-state index in [-0.39, 0.29) is 0 Å². The third kappa shape index (κ3) is 2.82. The first-order chi connectivity index (χ1) is 4.59. The Morgan fingerprint density at radius 3 is 2.50 bits per heavy atom. The molecule has 0 aliphatic heterocycles. The molecule has 0 saturated carbocycles. The molecule has 0 aromatic rings. The molecule has 10 heavy (non-hydrogen) atoms. The highest BCUT2D eigenvalue weighted by Gasteiger charge is 2.17. The van der Waals surface area contributed by atoms with Gasteiger partial charge in [-0.25, -0.2) is 0 Å². The van der Waals surface area contributed by atoms with E-state index < -0.39 is 17.9 Å². The quantitative estimate of drug-likeness (QED) is 0.596. The van der Waals surface area contributed by atoms with Crippen molar-refractivity contribution in [3.63, 3.8) is 0 Å². The van der Waals surface area contributed by atoms with E-state index in [9.17, 15) is 9.90 Å². The topological polar surface area (TPSA) is 63.3 Å². The number of rotatable bonds is 4. The molecule has 1 amide bonds. The fourth-order valence-electron chi connectivity index (χ4n) is 0.735. The Morgan fingerprint density at radius 1 is 1.70 bits per heavy atom. The van der Waals surface area contributed by atoms with Crippen molar-refractivity contribution in [2.45, 2.75) is 32.8 Å². The average molecular weight is 145 g/mol. The van der Waals surface area contributed by atoms with Crippen molar-refractivity contribution in [1.29, 1.82) is 0 Å². The third-order valence-electron chi connectivity index (χ3n) is 1.61. The summed E-state index contributed by atoms with van der Waals surface area (Å²) in [6, 6.07) is 0. The minimum atomic E-state index is -0.567. The number of aliphatic hydroxyl groups is 1. The summed E-state index contributed by atoms with van der Waals surface area (Å²) in [7, 11) is 0. The van der Waals surface area contributed by atoms with Crippen LogP contribution < -0.4 is 5.73 Å². The van der Waals surface area contributed by atoms with Crippen molar-refractivity contribution in [2.75, 3.05) is 0 Å². The molecule has 0 radical (unpaired) electrons. The standard InChI is InChI=1S/C7H15NO2/c1-3-4-6(9)5(2)7(8)10/h5-6,9H,3-4H2,1-2H3,(H2,8,10). The van der Waals surface area contributed by atoms with Gasteiger partial charge in [-0.3, -0.25) is 4.79 Å². The Labute approximate surface area is 61.2 Å². The fourth-order valence-corrected chi connectivity index (χ4v) is 0.735. The van der Waals surface area contributed by atoms with Crippen LogP contribution in [0, 0.1) is 5.92 Å². The van der Waals surface area contributed by atoms with E-state index in [4.69, 9.17) is 5.73 Å². The van der Waals surface area contributed by atoms with Gasteiger partial charge in [0.15, 0.2) is 0 Å². The molecule has 3 nitrogen and oxygen atoms in total. The lowest BCUT2D eigenvalue weighted by Crippen LogP contribution is -2.30. The van der Waals surface area contributed by atoms with Gasteiger partial charge in [0.1, 0.15) is 0 Å². The van der Waals surface area contributed by atoms with E-state index in [1.807, 2.05) is 6.92 Å². The molecular weight excluding hydrogens is 130 g/mol. The fraction of sp³-hybridized carbons (Fsp3) is 0.857. The van der Waals surface area contributed by atoms with Crippen LogP contribution >= 0.6 is 0 Å². The molecule has 3 heteroatoms. The van der Waals surface area contributed by atoms with Gasteiger partial charge < -0.3 is 10.8 Å². The number of nitrogens with two attached hydrogens (primary N) is 1. The Bertz CT molecular complexity index is 114. The summed E-state index contributed by atoms with van der Waals surface area (Å²) in [5.74, 6) is -0.846. The summed E-state index contributed by atoms with van der Waals surface area (Å²) in [6.07, 6.45) is 0.950. The maximum Gasteiger partial charge on any atom is 0.222 e. The maximum atomic E-state index is 10.5. The lowest BCUT2D eigenvalue weighted by atomic mass is 10.0. The summed E-state index contributed by atoms with van der Waals surface area (Å²) < 4.78 is 0. The van der Waals surface area contributed by atoms with Gasteiger partial charge >= 0.3 is 0 Å². The van der Waals surface area contributed by atoms with Crippen molar-refractivity contribution >= 4 is 5.91 Å². The lowest BCUT2D eigenvalue weighted by molar-refractivity contribution is -0.124. The molecule has 2 unspecified atom stereocenters. The molecule has 2 atom stereocenters. The van der Waals surface area contributed by atoms with Crippen LogP contribution in [0.4, 0.5) is 0 Å². The van der Waals surface area contributed by atoms with Crippen LogP contribution in [0.1, 0.15) is 26.7 Å². The average Bonchev–Trinajstić information content (AvgIpc) is 1.87. The number of carbonyl (C=O) groups excluding carboxylic acids is 1. The van der Waals surface area contributed by atoms with Crippen LogP contribution in [-0.4, -0.2) is 17.1 Å². The van der Waals surface area contributed by atoms with Gasteiger partial charge in [-0.05, 0) is 6.42 Å². The number of hydrogen-bond acceptors (Lipinski definition) is 2. The second-order valence-electron chi connectivity index (χ2n) is 2.55. The predicted octanol–water partition coefficient (Wildman–Crippen LogP) is 0.269. The zero-order valence-corrected chi connectivity index (χ0v) is 6.50. The zero-order valence-electron chi connectivity index (χ0n) is 6.50. The predicted molar refractivity (Wildman–Crippen MR) is 39.3 cm³/mol. The van der Waals surface area contributed by atoms with Crippen molar-refractivity contribution in [3.8, 4) is 0 Å². The zero-order chi connectivity index (χ0) is 8.15. The lowest BCUT2D eigenvalue weighted by Gasteiger charge is -2.13. The highest BCUT2D eigenvalue weighted by Crippen LogP contribution is 2.07. The Balaban J connectivity index is 3.69. The summed E-state index contributed by atoms with van der Waals surface area (Å²) in [5.41, 5.74) is 4.97.